The van der Waals surface area contributed by atoms with Crippen LogP contribution in [0.15, 0.2) is 14.4 Å². The van der Waals surface area contributed by atoms with E-state index in [0.717, 1.165) is 18.8 Å². The highest BCUT2D eigenvalue weighted by atomic mass is 16.5. The molecule has 2 aliphatic rings. The van der Waals surface area contributed by atoms with E-state index < -0.39 is 0 Å². The summed E-state index contributed by atoms with van der Waals surface area (Å²) in [7, 11) is 1.64. The highest BCUT2D eigenvalue weighted by Gasteiger charge is 2.33. The first-order chi connectivity index (χ1) is 10.2. The van der Waals surface area contributed by atoms with Crippen molar-refractivity contribution in [2.45, 2.75) is 13.3 Å². The lowest BCUT2D eigenvalue weighted by Gasteiger charge is -2.18. The molecule has 1 aromatic heterocycles. The fourth-order valence-electron chi connectivity index (χ4n) is 2.53. The van der Waals surface area contributed by atoms with Gasteiger partial charge in [0.05, 0.1) is 17.7 Å². The topological polar surface area (TPSA) is 79.4 Å². The number of amides is 1. The zero-order valence-electron chi connectivity index (χ0n) is 12.2. The summed E-state index contributed by atoms with van der Waals surface area (Å²) in [5.41, 5.74) is 1.24. The van der Waals surface area contributed by atoms with Crippen LogP contribution in [-0.2, 0) is 4.74 Å². The van der Waals surface area contributed by atoms with Gasteiger partial charge in [-0.3, -0.25) is 9.79 Å². The van der Waals surface area contributed by atoms with Crippen molar-refractivity contribution in [2.24, 2.45) is 9.98 Å². The van der Waals surface area contributed by atoms with Crippen LogP contribution >= 0.6 is 0 Å². The first-order valence-electron chi connectivity index (χ1n) is 6.98. The normalized spacial score (nSPS) is 15.7. The Morgan fingerprint density at radius 1 is 1.57 bits per heavy atom. The quantitative estimate of drug-likeness (QED) is 0.823. The fraction of sp³-hybridized carbons (Fsp3) is 0.500. The van der Waals surface area contributed by atoms with E-state index >= 15 is 0 Å². The van der Waals surface area contributed by atoms with Crippen molar-refractivity contribution in [3.63, 3.8) is 0 Å². The average molecular weight is 290 g/mol. The molecule has 112 valence electrons. The summed E-state index contributed by atoms with van der Waals surface area (Å²) in [6.07, 6.45) is 2.48. The predicted octanol–water partition coefficient (Wildman–Crippen LogP) is 1.09. The molecule has 0 atom stereocenters. The summed E-state index contributed by atoms with van der Waals surface area (Å²) in [6.45, 7) is 4.45. The van der Waals surface area contributed by atoms with E-state index in [1.807, 2.05) is 4.90 Å². The van der Waals surface area contributed by atoms with Gasteiger partial charge in [-0.05, 0) is 13.3 Å². The van der Waals surface area contributed by atoms with Crippen molar-refractivity contribution in [2.75, 3.05) is 33.4 Å². The third kappa shape index (κ3) is 2.44. The maximum Gasteiger partial charge on any atom is 0.255 e. The number of hydrogen-bond donors (Lipinski definition) is 1. The van der Waals surface area contributed by atoms with Gasteiger partial charge in [-0.15, -0.1) is 0 Å². The molecule has 0 fully saturated rings. The van der Waals surface area contributed by atoms with E-state index in [1.165, 1.54) is 0 Å². The standard InChI is InChI=1S/C14H18N4O3/c1-9-10(13(19)16-4-3-7-20-2)11-12-15-5-6-18(12)8-17-14(11)21-9/h8H,3-7H2,1-2H3,(H,16,19). The number of rotatable bonds is 5. The Labute approximate surface area is 122 Å². The van der Waals surface area contributed by atoms with Gasteiger partial charge < -0.3 is 19.4 Å². The van der Waals surface area contributed by atoms with E-state index in [4.69, 9.17) is 9.15 Å². The SMILES string of the molecule is COCCCNC(=O)c1c(C)oc2c1C1=NCCN1C=N2. The van der Waals surface area contributed by atoms with Crippen LogP contribution in [0.1, 0.15) is 28.1 Å². The van der Waals surface area contributed by atoms with Crippen molar-refractivity contribution < 1.29 is 13.9 Å². The number of amidine groups is 1. The lowest BCUT2D eigenvalue weighted by Crippen LogP contribution is -2.32. The fourth-order valence-corrected chi connectivity index (χ4v) is 2.53. The Morgan fingerprint density at radius 3 is 3.24 bits per heavy atom. The van der Waals surface area contributed by atoms with Crippen molar-refractivity contribution in [1.29, 1.82) is 0 Å². The Balaban J connectivity index is 1.85. The van der Waals surface area contributed by atoms with Gasteiger partial charge in [0.1, 0.15) is 17.9 Å². The van der Waals surface area contributed by atoms with Gasteiger partial charge in [-0.1, -0.05) is 0 Å². The van der Waals surface area contributed by atoms with E-state index in [1.54, 1.807) is 20.4 Å². The number of nitrogens with zero attached hydrogens (tertiary/aromatic N) is 3. The largest absolute Gasteiger partial charge is 0.442 e. The molecule has 0 bridgehead atoms. The number of nitrogens with one attached hydrogen (secondary N) is 1. The van der Waals surface area contributed by atoms with Crippen LogP contribution in [0.4, 0.5) is 5.88 Å². The van der Waals surface area contributed by atoms with E-state index in [2.05, 4.69) is 15.3 Å². The molecule has 0 saturated heterocycles. The molecular formula is C14H18N4O3. The van der Waals surface area contributed by atoms with Crippen LogP contribution in [0.3, 0.4) is 0 Å². The number of hydrogen-bond acceptors (Lipinski definition) is 6. The van der Waals surface area contributed by atoms with Crippen LogP contribution in [0.2, 0.25) is 0 Å². The molecule has 0 spiro atoms. The molecule has 7 heteroatoms. The van der Waals surface area contributed by atoms with Crippen molar-refractivity contribution in [3.8, 4) is 0 Å². The molecule has 0 radical (unpaired) electrons. The Hall–Kier alpha value is -2.15. The molecule has 1 N–H and O–H groups in total. The number of carbonyl (C=O) groups excluding carboxylic acids is 1. The minimum absolute atomic E-state index is 0.153. The lowest BCUT2D eigenvalue weighted by atomic mass is 10.1. The molecule has 0 aliphatic carbocycles. The van der Waals surface area contributed by atoms with Gasteiger partial charge in [0, 0.05) is 26.8 Å². The molecule has 0 aromatic carbocycles. The molecule has 7 nitrogen and oxygen atoms in total. The molecule has 3 rings (SSSR count). The Kier molecular flexibility index (Phi) is 3.74. The number of ether oxygens (including phenoxy) is 1. The second-order valence-electron chi connectivity index (χ2n) is 4.96. The second kappa shape index (κ2) is 5.69. The highest BCUT2D eigenvalue weighted by molar-refractivity contribution is 6.17. The molecule has 2 aliphatic heterocycles. The summed E-state index contributed by atoms with van der Waals surface area (Å²) in [5.74, 6) is 1.66. The van der Waals surface area contributed by atoms with Gasteiger partial charge in [0.25, 0.3) is 5.91 Å². The summed E-state index contributed by atoms with van der Waals surface area (Å²) in [6, 6.07) is 0. The number of furan rings is 1. The number of aliphatic imine (C=N–C) groups is 2. The van der Waals surface area contributed by atoms with Crippen LogP contribution in [0.5, 0.6) is 0 Å². The summed E-state index contributed by atoms with van der Waals surface area (Å²) in [5, 5.41) is 2.89. The molecule has 3 heterocycles. The van der Waals surface area contributed by atoms with Crippen molar-refractivity contribution in [3.05, 3.63) is 16.9 Å². The second-order valence-corrected chi connectivity index (χ2v) is 4.96. The number of aryl methyl sites for hydroxylation is 1. The maximum atomic E-state index is 12.4. The van der Waals surface area contributed by atoms with Gasteiger partial charge >= 0.3 is 0 Å². The minimum Gasteiger partial charge on any atom is -0.442 e. The zero-order chi connectivity index (χ0) is 14.8. The van der Waals surface area contributed by atoms with Crippen LogP contribution < -0.4 is 5.32 Å². The molecule has 21 heavy (non-hydrogen) atoms. The molecule has 1 amide bonds. The molecule has 0 saturated carbocycles. The Morgan fingerprint density at radius 2 is 2.43 bits per heavy atom. The smallest absolute Gasteiger partial charge is 0.255 e. The molecule has 1 aromatic rings. The predicted molar refractivity (Wildman–Crippen MR) is 78.5 cm³/mol. The van der Waals surface area contributed by atoms with E-state index in [9.17, 15) is 4.79 Å². The summed E-state index contributed by atoms with van der Waals surface area (Å²) < 4.78 is 10.6. The summed E-state index contributed by atoms with van der Waals surface area (Å²) in [4.78, 5) is 23.1. The number of methoxy groups -OCH3 is 1. The van der Waals surface area contributed by atoms with Gasteiger partial charge in [0.15, 0.2) is 0 Å². The van der Waals surface area contributed by atoms with E-state index in [-0.39, 0.29) is 5.91 Å². The first-order valence-corrected chi connectivity index (χ1v) is 6.98. The minimum atomic E-state index is -0.153. The van der Waals surface area contributed by atoms with Crippen molar-refractivity contribution in [1.82, 2.24) is 10.2 Å². The van der Waals surface area contributed by atoms with Gasteiger partial charge in [-0.25, -0.2) is 4.99 Å². The number of fused-ring (bicyclic) bond motifs is 3. The molecular weight excluding hydrogens is 272 g/mol. The van der Waals surface area contributed by atoms with Crippen molar-refractivity contribution >= 4 is 24.0 Å². The maximum absolute atomic E-state index is 12.4. The van der Waals surface area contributed by atoms with Crippen LogP contribution in [-0.4, -0.2) is 56.3 Å². The summed E-state index contributed by atoms with van der Waals surface area (Å²) >= 11 is 0. The monoisotopic (exact) mass is 290 g/mol. The third-order valence-corrected chi connectivity index (χ3v) is 3.52. The number of carbonyl (C=O) groups is 1. The van der Waals surface area contributed by atoms with Gasteiger partial charge in [0.2, 0.25) is 5.88 Å². The third-order valence-electron chi connectivity index (χ3n) is 3.52. The Bertz CT molecular complexity index is 618. The first kappa shape index (κ1) is 13.8. The zero-order valence-corrected chi connectivity index (χ0v) is 12.2. The van der Waals surface area contributed by atoms with E-state index in [0.29, 0.717) is 42.5 Å². The highest BCUT2D eigenvalue weighted by Crippen LogP contribution is 2.34. The van der Waals surface area contributed by atoms with Gasteiger partial charge in [-0.2, -0.15) is 0 Å². The average Bonchev–Trinajstić information content (AvgIpc) is 3.05. The molecule has 0 unspecified atom stereocenters. The van der Waals surface area contributed by atoms with Crippen LogP contribution in [0.25, 0.3) is 0 Å². The lowest BCUT2D eigenvalue weighted by molar-refractivity contribution is 0.0947. The van der Waals surface area contributed by atoms with Crippen LogP contribution in [0, 0.1) is 6.92 Å².